The lowest BCUT2D eigenvalue weighted by Crippen LogP contribution is -2.06. The molecule has 1 N–H and O–H groups in total. The molecule has 2 rings (SSSR count). The lowest BCUT2D eigenvalue weighted by molar-refractivity contribution is -0.384. The van der Waals surface area contributed by atoms with Gasteiger partial charge in [0.05, 0.1) is 17.1 Å². The van der Waals surface area contributed by atoms with Gasteiger partial charge < -0.3 is 5.32 Å². The number of rotatable bonds is 5. The van der Waals surface area contributed by atoms with E-state index in [1.807, 2.05) is 0 Å². The van der Waals surface area contributed by atoms with Gasteiger partial charge in [-0.25, -0.2) is 4.98 Å². The molecule has 1 aliphatic rings. The van der Waals surface area contributed by atoms with Gasteiger partial charge in [-0.05, 0) is 32.1 Å². The van der Waals surface area contributed by atoms with Crippen LogP contribution in [0, 0.1) is 10.1 Å². The van der Waals surface area contributed by atoms with E-state index in [4.69, 9.17) is 11.6 Å². The SMILES string of the molecule is O=[N+]([O-])c1cc(Cl)nc(NCCC2=CCCCC2)c1. The summed E-state index contributed by atoms with van der Waals surface area (Å²) in [4.78, 5) is 14.3. The van der Waals surface area contributed by atoms with E-state index < -0.39 is 4.92 Å². The highest BCUT2D eigenvalue weighted by Gasteiger charge is 2.10. The minimum Gasteiger partial charge on any atom is -0.369 e. The fourth-order valence-corrected chi connectivity index (χ4v) is 2.37. The molecule has 0 spiro atoms. The first-order chi connectivity index (χ1) is 9.15. The molecule has 19 heavy (non-hydrogen) atoms. The molecule has 0 radical (unpaired) electrons. The highest BCUT2D eigenvalue weighted by atomic mass is 35.5. The molecule has 0 aliphatic heterocycles. The summed E-state index contributed by atoms with van der Waals surface area (Å²) in [6.45, 7) is 0.719. The molecule has 5 nitrogen and oxygen atoms in total. The molecule has 0 unspecified atom stereocenters. The first kappa shape index (κ1) is 13.8. The monoisotopic (exact) mass is 281 g/mol. The van der Waals surface area contributed by atoms with Crippen LogP contribution >= 0.6 is 11.6 Å². The largest absolute Gasteiger partial charge is 0.369 e. The van der Waals surface area contributed by atoms with Crippen LogP contribution in [-0.2, 0) is 0 Å². The number of aromatic nitrogens is 1. The predicted molar refractivity (Wildman–Crippen MR) is 75.6 cm³/mol. The normalized spacial score (nSPS) is 14.9. The maximum atomic E-state index is 10.7. The van der Waals surface area contributed by atoms with E-state index in [1.165, 1.54) is 30.5 Å². The maximum Gasteiger partial charge on any atom is 0.276 e. The number of nitrogens with zero attached hydrogens (tertiary/aromatic N) is 2. The summed E-state index contributed by atoms with van der Waals surface area (Å²) in [5, 5.41) is 13.9. The molecule has 0 atom stereocenters. The molecule has 6 heteroatoms. The molecule has 1 aromatic rings. The minimum atomic E-state index is -0.470. The Morgan fingerprint density at radius 1 is 1.42 bits per heavy atom. The molecule has 0 fully saturated rings. The van der Waals surface area contributed by atoms with Crippen LogP contribution in [0.25, 0.3) is 0 Å². The number of hydrogen-bond acceptors (Lipinski definition) is 4. The fraction of sp³-hybridized carbons (Fsp3) is 0.462. The Hall–Kier alpha value is -1.62. The summed E-state index contributed by atoms with van der Waals surface area (Å²) in [5.74, 6) is 0.454. The lowest BCUT2D eigenvalue weighted by atomic mass is 9.97. The second kappa shape index (κ2) is 6.52. The van der Waals surface area contributed by atoms with E-state index >= 15 is 0 Å². The van der Waals surface area contributed by atoms with Crippen molar-refractivity contribution in [2.24, 2.45) is 0 Å². The average Bonchev–Trinajstić information content (AvgIpc) is 2.39. The standard InChI is InChI=1S/C13H16ClN3O2/c14-12-8-11(17(18)19)9-13(16-12)15-7-6-10-4-2-1-3-5-10/h4,8-9H,1-3,5-7H2,(H,15,16). The molecule has 0 saturated carbocycles. The van der Waals surface area contributed by atoms with Crippen LogP contribution in [0.15, 0.2) is 23.8 Å². The first-order valence-corrected chi connectivity index (χ1v) is 6.77. The first-order valence-electron chi connectivity index (χ1n) is 6.39. The highest BCUT2D eigenvalue weighted by Crippen LogP contribution is 2.22. The van der Waals surface area contributed by atoms with Crippen LogP contribution in [0.4, 0.5) is 11.5 Å². The Bertz CT molecular complexity index is 503. The number of nitrogens with one attached hydrogen (secondary N) is 1. The number of nitro groups is 1. The van der Waals surface area contributed by atoms with Gasteiger partial charge >= 0.3 is 0 Å². The molecule has 0 aromatic carbocycles. The maximum absolute atomic E-state index is 10.7. The van der Waals surface area contributed by atoms with Crippen molar-refractivity contribution in [3.05, 3.63) is 39.0 Å². The van der Waals surface area contributed by atoms with E-state index in [1.54, 1.807) is 0 Å². The quantitative estimate of drug-likeness (QED) is 0.384. The summed E-state index contributed by atoms with van der Waals surface area (Å²) in [6, 6.07) is 2.65. The summed E-state index contributed by atoms with van der Waals surface area (Å²) < 4.78 is 0. The van der Waals surface area contributed by atoms with Crippen molar-refractivity contribution in [3.8, 4) is 0 Å². The summed E-state index contributed by atoms with van der Waals surface area (Å²) in [5.41, 5.74) is 1.41. The van der Waals surface area contributed by atoms with Gasteiger partial charge in [-0.3, -0.25) is 10.1 Å². The van der Waals surface area contributed by atoms with Crippen LogP contribution < -0.4 is 5.32 Å². The number of hydrogen-bond donors (Lipinski definition) is 1. The Kier molecular flexibility index (Phi) is 4.74. The Balaban J connectivity index is 1.92. The minimum absolute atomic E-state index is 0.0422. The van der Waals surface area contributed by atoms with Crippen molar-refractivity contribution in [1.29, 1.82) is 0 Å². The van der Waals surface area contributed by atoms with Crippen LogP contribution in [0.2, 0.25) is 5.15 Å². The van der Waals surface area contributed by atoms with E-state index in [-0.39, 0.29) is 10.8 Å². The van der Waals surface area contributed by atoms with Crippen LogP contribution in [-0.4, -0.2) is 16.5 Å². The fourth-order valence-electron chi connectivity index (χ4n) is 2.16. The van der Waals surface area contributed by atoms with Crippen molar-refractivity contribution in [1.82, 2.24) is 4.98 Å². The van der Waals surface area contributed by atoms with Gasteiger partial charge in [0.1, 0.15) is 11.0 Å². The molecular formula is C13H16ClN3O2. The van der Waals surface area contributed by atoms with Crippen molar-refractivity contribution in [2.45, 2.75) is 32.1 Å². The van der Waals surface area contributed by atoms with Gasteiger partial charge in [0.2, 0.25) is 0 Å². The summed E-state index contributed by atoms with van der Waals surface area (Å²) >= 11 is 5.75. The Labute approximate surface area is 116 Å². The molecule has 0 saturated heterocycles. The van der Waals surface area contributed by atoms with Crippen LogP contribution in [0.3, 0.4) is 0 Å². The third-order valence-corrected chi connectivity index (χ3v) is 3.32. The lowest BCUT2D eigenvalue weighted by Gasteiger charge is -2.13. The third-order valence-electron chi connectivity index (χ3n) is 3.13. The zero-order valence-electron chi connectivity index (χ0n) is 10.6. The van der Waals surface area contributed by atoms with Crippen LogP contribution in [0.1, 0.15) is 32.1 Å². The molecule has 1 aromatic heterocycles. The Morgan fingerprint density at radius 2 is 2.26 bits per heavy atom. The van der Waals surface area contributed by atoms with E-state index in [9.17, 15) is 10.1 Å². The number of halogens is 1. The molecule has 0 amide bonds. The second-order valence-corrected chi connectivity index (χ2v) is 4.96. The zero-order valence-corrected chi connectivity index (χ0v) is 11.3. The van der Waals surface area contributed by atoms with Crippen molar-refractivity contribution in [2.75, 3.05) is 11.9 Å². The molecule has 0 bridgehead atoms. The highest BCUT2D eigenvalue weighted by molar-refractivity contribution is 6.29. The van der Waals surface area contributed by atoms with Crippen molar-refractivity contribution < 1.29 is 4.92 Å². The number of anilines is 1. The van der Waals surface area contributed by atoms with Crippen molar-refractivity contribution in [3.63, 3.8) is 0 Å². The van der Waals surface area contributed by atoms with E-state index in [0.717, 1.165) is 25.8 Å². The summed E-state index contributed by atoms with van der Waals surface area (Å²) in [7, 11) is 0. The van der Waals surface area contributed by atoms with Gasteiger partial charge in [-0.2, -0.15) is 0 Å². The molecule has 102 valence electrons. The van der Waals surface area contributed by atoms with E-state index in [0.29, 0.717) is 5.82 Å². The predicted octanol–water partition coefficient (Wildman–Crippen LogP) is 3.95. The molecule has 1 heterocycles. The van der Waals surface area contributed by atoms with Crippen molar-refractivity contribution >= 4 is 23.1 Å². The molecular weight excluding hydrogens is 266 g/mol. The topological polar surface area (TPSA) is 68.1 Å². The summed E-state index contributed by atoms with van der Waals surface area (Å²) in [6.07, 6.45) is 8.09. The Morgan fingerprint density at radius 3 is 2.95 bits per heavy atom. The molecule has 1 aliphatic carbocycles. The number of pyridine rings is 1. The van der Waals surface area contributed by atoms with Gasteiger partial charge in [0.25, 0.3) is 5.69 Å². The van der Waals surface area contributed by atoms with E-state index in [2.05, 4.69) is 16.4 Å². The number of allylic oxidation sites excluding steroid dienone is 1. The smallest absolute Gasteiger partial charge is 0.276 e. The second-order valence-electron chi connectivity index (χ2n) is 4.58. The van der Waals surface area contributed by atoms with Gasteiger partial charge in [-0.1, -0.05) is 23.3 Å². The van der Waals surface area contributed by atoms with Crippen LogP contribution in [0.5, 0.6) is 0 Å². The van der Waals surface area contributed by atoms with Gasteiger partial charge in [-0.15, -0.1) is 0 Å². The average molecular weight is 282 g/mol. The third kappa shape index (κ3) is 4.21. The van der Waals surface area contributed by atoms with Gasteiger partial charge in [0.15, 0.2) is 0 Å². The van der Waals surface area contributed by atoms with Gasteiger partial charge in [0, 0.05) is 6.54 Å². The zero-order chi connectivity index (χ0) is 13.7.